The number of aromatic nitrogens is 1. The maximum atomic E-state index is 11.7. The lowest BCUT2D eigenvalue weighted by Crippen LogP contribution is -2.70. The van der Waals surface area contributed by atoms with E-state index in [4.69, 9.17) is 4.98 Å². The van der Waals surface area contributed by atoms with Gasteiger partial charge in [0, 0.05) is 34.5 Å². The third-order valence-corrected chi connectivity index (χ3v) is 7.22. The number of aliphatic hydroxyl groups is 1. The van der Waals surface area contributed by atoms with E-state index in [9.17, 15) is 15.3 Å². The predicted molar refractivity (Wildman–Crippen MR) is 112 cm³/mol. The molecule has 1 saturated heterocycles. The molecule has 0 amide bonds. The number of phenols is 2. The van der Waals surface area contributed by atoms with Crippen molar-refractivity contribution in [1.29, 1.82) is 0 Å². The quantitative estimate of drug-likeness (QED) is 0.505. The second kappa shape index (κ2) is 6.18. The number of pyridine rings is 1. The number of hydrogen-bond donors (Lipinski definition) is 4. The van der Waals surface area contributed by atoms with Crippen molar-refractivity contribution in [3.05, 3.63) is 64.8 Å². The number of rotatable bonds is 2. The number of aromatic hydroxyl groups is 2. The van der Waals surface area contributed by atoms with Crippen LogP contribution in [0.4, 0.5) is 0 Å². The number of benzene rings is 2. The summed E-state index contributed by atoms with van der Waals surface area (Å²) < 4.78 is 0. The molecule has 1 fully saturated rings. The first kappa shape index (κ1) is 18.4. The Morgan fingerprint density at radius 3 is 2.79 bits per heavy atom. The molecule has 3 atom stereocenters. The molecule has 5 heteroatoms. The Balaban J connectivity index is 1.74. The van der Waals surface area contributed by atoms with E-state index in [0.717, 1.165) is 34.3 Å². The SMILES string of the molecule is Cc1cc2ccccc2nc1C[C@]12CCNC(Cc3ccc(O)c(O)c31)C2(C)O. The summed E-state index contributed by atoms with van der Waals surface area (Å²) in [4.78, 5) is 4.93. The average Bonchev–Trinajstić information content (AvgIpc) is 2.67. The smallest absolute Gasteiger partial charge is 0.161 e. The molecule has 0 spiro atoms. The molecule has 1 aliphatic heterocycles. The van der Waals surface area contributed by atoms with Crippen molar-refractivity contribution in [2.75, 3.05) is 6.54 Å². The van der Waals surface area contributed by atoms with Gasteiger partial charge in [0.05, 0.1) is 11.1 Å². The summed E-state index contributed by atoms with van der Waals surface area (Å²) in [6.07, 6.45) is 1.76. The summed E-state index contributed by atoms with van der Waals surface area (Å²) >= 11 is 0. The summed E-state index contributed by atoms with van der Waals surface area (Å²) in [6, 6.07) is 13.4. The Morgan fingerprint density at radius 2 is 1.97 bits per heavy atom. The van der Waals surface area contributed by atoms with Gasteiger partial charge in [-0.15, -0.1) is 0 Å². The van der Waals surface area contributed by atoms with Crippen LogP contribution in [0, 0.1) is 6.92 Å². The monoisotopic (exact) mass is 390 g/mol. The minimum Gasteiger partial charge on any atom is -0.504 e. The zero-order chi connectivity index (χ0) is 20.4. The van der Waals surface area contributed by atoms with Crippen molar-refractivity contribution in [3.63, 3.8) is 0 Å². The van der Waals surface area contributed by atoms with Gasteiger partial charge in [-0.25, -0.2) is 0 Å². The first-order valence-electron chi connectivity index (χ1n) is 10.2. The van der Waals surface area contributed by atoms with Crippen LogP contribution in [0.5, 0.6) is 11.5 Å². The molecular formula is C24H26N2O3. The standard InChI is InChI=1S/C24H26N2O3/c1-14-11-15-5-3-4-6-17(15)26-18(14)13-24-9-10-25-20(23(24,2)29)12-16-7-8-19(27)22(28)21(16)24/h3-8,11,20,25,27-29H,9-10,12-13H2,1-2H3/t20?,23?,24-/m1/s1. The number of hydrogen-bond acceptors (Lipinski definition) is 5. The highest BCUT2D eigenvalue weighted by atomic mass is 16.3. The highest BCUT2D eigenvalue weighted by Gasteiger charge is 2.59. The Morgan fingerprint density at radius 1 is 1.17 bits per heavy atom. The van der Waals surface area contributed by atoms with Crippen LogP contribution >= 0.6 is 0 Å². The fourth-order valence-corrected chi connectivity index (χ4v) is 5.52. The van der Waals surface area contributed by atoms with Crippen molar-refractivity contribution >= 4 is 10.9 Å². The van der Waals surface area contributed by atoms with E-state index in [0.29, 0.717) is 24.8 Å². The van der Waals surface area contributed by atoms with Gasteiger partial charge in [0.25, 0.3) is 0 Å². The fourth-order valence-electron chi connectivity index (χ4n) is 5.52. The van der Waals surface area contributed by atoms with E-state index in [1.165, 1.54) is 6.07 Å². The molecule has 29 heavy (non-hydrogen) atoms. The molecule has 2 aliphatic rings. The van der Waals surface area contributed by atoms with Gasteiger partial charge in [-0.2, -0.15) is 0 Å². The molecule has 3 aromatic rings. The molecule has 0 saturated carbocycles. The van der Waals surface area contributed by atoms with Crippen LogP contribution in [-0.2, 0) is 18.3 Å². The van der Waals surface area contributed by atoms with E-state index in [-0.39, 0.29) is 17.5 Å². The topological polar surface area (TPSA) is 85.6 Å². The molecule has 1 aromatic heterocycles. The molecule has 5 nitrogen and oxygen atoms in total. The van der Waals surface area contributed by atoms with Gasteiger partial charge in [-0.1, -0.05) is 24.3 Å². The summed E-state index contributed by atoms with van der Waals surface area (Å²) in [5.41, 5.74) is 2.72. The van der Waals surface area contributed by atoms with Gasteiger partial charge < -0.3 is 20.6 Å². The van der Waals surface area contributed by atoms with E-state index in [1.807, 2.05) is 44.2 Å². The molecule has 0 radical (unpaired) electrons. The predicted octanol–water partition coefficient (Wildman–Crippen LogP) is 3.10. The lowest BCUT2D eigenvalue weighted by Gasteiger charge is -2.57. The molecule has 4 N–H and O–H groups in total. The van der Waals surface area contributed by atoms with Gasteiger partial charge in [0.2, 0.25) is 0 Å². The fraction of sp³-hybridized carbons (Fsp3) is 0.375. The van der Waals surface area contributed by atoms with Crippen molar-refractivity contribution in [2.24, 2.45) is 0 Å². The normalized spacial score (nSPS) is 28.3. The number of aryl methyl sites for hydroxylation is 1. The van der Waals surface area contributed by atoms with Gasteiger partial charge in [-0.05, 0) is 62.6 Å². The molecule has 2 unspecified atom stereocenters. The zero-order valence-corrected chi connectivity index (χ0v) is 16.7. The Hall–Kier alpha value is -2.63. The van der Waals surface area contributed by atoms with Crippen molar-refractivity contribution in [1.82, 2.24) is 10.3 Å². The number of phenolic OH excluding ortho intramolecular Hbond substituents is 2. The minimum absolute atomic E-state index is 0.110. The number of fused-ring (bicyclic) bond motifs is 5. The van der Waals surface area contributed by atoms with Crippen molar-refractivity contribution in [2.45, 2.75) is 50.2 Å². The molecule has 1 aliphatic carbocycles. The lowest BCUT2D eigenvalue weighted by atomic mass is 9.53. The van der Waals surface area contributed by atoms with Gasteiger partial charge >= 0.3 is 0 Å². The molecular weight excluding hydrogens is 364 g/mol. The van der Waals surface area contributed by atoms with Gasteiger partial charge in [-0.3, -0.25) is 4.98 Å². The second-order valence-corrected chi connectivity index (χ2v) is 8.78. The number of para-hydroxylation sites is 1. The zero-order valence-electron chi connectivity index (χ0n) is 16.7. The maximum absolute atomic E-state index is 11.7. The van der Waals surface area contributed by atoms with E-state index >= 15 is 0 Å². The molecule has 2 bridgehead atoms. The number of nitrogens with zero attached hydrogens (tertiary/aromatic N) is 1. The highest BCUT2D eigenvalue weighted by Crippen LogP contribution is 2.55. The van der Waals surface area contributed by atoms with E-state index in [2.05, 4.69) is 11.4 Å². The summed E-state index contributed by atoms with van der Waals surface area (Å²) in [6.45, 7) is 4.64. The summed E-state index contributed by atoms with van der Waals surface area (Å²) in [5.74, 6) is -0.249. The third kappa shape index (κ3) is 2.51. The van der Waals surface area contributed by atoms with Crippen LogP contribution in [0.3, 0.4) is 0 Å². The van der Waals surface area contributed by atoms with Crippen LogP contribution in [0.2, 0.25) is 0 Å². The summed E-state index contributed by atoms with van der Waals surface area (Å²) in [5, 5.41) is 37.4. The van der Waals surface area contributed by atoms with Gasteiger partial charge in [0.15, 0.2) is 11.5 Å². The van der Waals surface area contributed by atoms with Crippen molar-refractivity contribution in [3.8, 4) is 11.5 Å². The third-order valence-electron chi connectivity index (χ3n) is 7.22. The number of nitrogens with one attached hydrogen (secondary N) is 1. The second-order valence-electron chi connectivity index (χ2n) is 8.78. The van der Waals surface area contributed by atoms with Crippen LogP contribution in [0.25, 0.3) is 10.9 Å². The summed E-state index contributed by atoms with van der Waals surface area (Å²) in [7, 11) is 0. The van der Waals surface area contributed by atoms with Crippen LogP contribution in [0.15, 0.2) is 42.5 Å². The van der Waals surface area contributed by atoms with E-state index < -0.39 is 11.0 Å². The van der Waals surface area contributed by atoms with E-state index in [1.54, 1.807) is 0 Å². The average molecular weight is 390 g/mol. The number of piperidine rings is 1. The molecule has 2 aromatic carbocycles. The molecule has 5 rings (SSSR count). The van der Waals surface area contributed by atoms with Gasteiger partial charge in [0.1, 0.15) is 0 Å². The minimum atomic E-state index is -1.09. The molecule has 2 heterocycles. The maximum Gasteiger partial charge on any atom is 0.161 e. The van der Waals surface area contributed by atoms with Crippen LogP contribution < -0.4 is 5.32 Å². The Bertz CT molecular complexity index is 1120. The molecule has 150 valence electrons. The largest absolute Gasteiger partial charge is 0.504 e. The first-order valence-corrected chi connectivity index (χ1v) is 10.2. The van der Waals surface area contributed by atoms with Crippen LogP contribution in [0.1, 0.15) is 35.7 Å². The van der Waals surface area contributed by atoms with Crippen LogP contribution in [-0.4, -0.2) is 38.5 Å². The Labute approximate surface area is 170 Å². The first-order chi connectivity index (χ1) is 13.8. The van der Waals surface area contributed by atoms with Crippen molar-refractivity contribution < 1.29 is 15.3 Å². The Kier molecular flexibility index (Phi) is 3.92. The lowest BCUT2D eigenvalue weighted by molar-refractivity contribution is -0.0868. The highest BCUT2D eigenvalue weighted by molar-refractivity contribution is 5.79.